The lowest BCUT2D eigenvalue weighted by Gasteiger charge is -2.31. The predicted molar refractivity (Wildman–Crippen MR) is 102 cm³/mol. The molecule has 138 valence electrons. The molecule has 0 spiro atoms. The number of benzene rings is 1. The minimum Gasteiger partial charge on any atom is -0.350 e. The number of amides is 1. The normalized spacial score (nSPS) is 22.8. The molecule has 5 nitrogen and oxygen atoms in total. The summed E-state index contributed by atoms with van der Waals surface area (Å²) in [5.74, 6) is 1.74. The zero-order valence-electron chi connectivity index (χ0n) is 15.5. The van der Waals surface area contributed by atoms with Gasteiger partial charge in [-0.25, -0.2) is 4.68 Å². The smallest absolute Gasteiger partial charge is 0.271 e. The predicted octanol–water partition coefficient (Wildman–Crippen LogP) is 3.09. The van der Waals surface area contributed by atoms with Crippen LogP contribution in [0.25, 0.3) is 0 Å². The van der Waals surface area contributed by atoms with Gasteiger partial charge in [-0.3, -0.25) is 9.59 Å². The third-order valence-electron chi connectivity index (χ3n) is 5.10. The first kappa shape index (κ1) is 18.4. The second kappa shape index (κ2) is 8.30. The molecule has 1 aliphatic rings. The Morgan fingerprint density at radius 3 is 2.46 bits per heavy atom. The van der Waals surface area contributed by atoms with Gasteiger partial charge in [0, 0.05) is 12.6 Å². The first-order valence-electron chi connectivity index (χ1n) is 9.41. The maximum Gasteiger partial charge on any atom is 0.271 e. The molecule has 1 heterocycles. The maximum atomic E-state index is 12.5. The second-order valence-electron chi connectivity index (χ2n) is 7.69. The van der Waals surface area contributed by atoms with Gasteiger partial charge in [0.25, 0.3) is 11.5 Å². The highest BCUT2D eigenvalue weighted by Gasteiger charge is 2.24. The van der Waals surface area contributed by atoms with Crippen LogP contribution in [0.5, 0.6) is 0 Å². The van der Waals surface area contributed by atoms with Gasteiger partial charge in [0.2, 0.25) is 0 Å². The van der Waals surface area contributed by atoms with Crippen molar-refractivity contribution in [2.24, 2.45) is 17.8 Å². The molecular formula is C21H27N3O2. The largest absolute Gasteiger partial charge is 0.350 e. The van der Waals surface area contributed by atoms with Crippen LogP contribution in [0.4, 0.5) is 0 Å². The number of aromatic nitrogens is 2. The van der Waals surface area contributed by atoms with Crippen LogP contribution in [-0.2, 0) is 6.54 Å². The van der Waals surface area contributed by atoms with Gasteiger partial charge in [-0.15, -0.1) is 0 Å². The van der Waals surface area contributed by atoms with Crippen molar-refractivity contribution >= 4 is 5.91 Å². The summed E-state index contributed by atoms with van der Waals surface area (Å²) in [5.41, 5.74) is 1.06. The Morgan fingerprint density at radius 2 is 1.77 bits per heavy atom. The lowest BCUT2D eigenvalue weighted by atomic mass is 9.77. The monoisotopic (exact) mass is 353 g/mol. The zero-order valence-corrected chi connectivity index (χ0v) is 15.5. The molecule has 1 aromatic heterocycles. The quantitative estimate of drug-likeness (QED) is 0.898. The zero-order chi connectivity index (χ0) is 18.5. The average molecular weight is 353 g/mol. The number of hydrogen-bond donors (Lipinski definition) is 1. The third-order valence-corrected chi connectivity index (χ3v) is 5.10. The summed E-state index contributed by atoms with van der Waals surface area (Å²) in [6.45, 7) is 5.60. The molecule has 1 N–H and O–H groups in total. The Hall–Kier alpha value is -2.43. The van der Waals surface area contributed by atoms with E-state index in [0.717, 1.165) is 18.4 Å². The molecule has 0 bridgehead atoms. The van der Waals surface area contributed by atoms with Crippen LogP contribution in [0.2, 0.25) is 0 Å². The number of carbonyl (C=O) groups excluding carboxylic acids is 1. The van der Waals surface area contributed by atoms with Crippen LogP contribution in [0, 0.1) is 17.8 Å². The Morgan fingerprint density at radius 1 is 1.08 bits per heavy atom. The van der Waals surface area contributed by atoms with E-state index in [1.54, 1.807) is 0 Å². The van der Waals surface area contributed by atoms with E-state index in [2.05, 4.69) is 24.3 Å². The molecule has 26 heavy (non-hydrogen) atoms. The highest BCUT2D eigenvalue weighted by atomic mass is 16.2. The van der Waals surface area contributed by atoms with Gasteiger partial charge in [-0.1, -0.05) is 44.2 Å². The number of hydrogen-bond acceptors (Lipinski definition) is 3. The van der Waals surface area contributed by atoms with Gasteiger partial charge in [0.1, 0.15) is 5.69 Å². The van der Waals surface area contributed by atoms with Gasteiger partial charge < -0.3 is 5.32 Å². The molecule has 0 radical (unpaired) electrons. The Labute approximate surface area is 154 Å². The van der Waals surface area contributed by atoms with Gasteiger partial charge in [-0.2, -0.15) is 5.10 Å². The van der Waals surface area contributed by atoms with Crippen molar-refractivity contribution in [2.75, 3.05) is 6.54 Å². The van der Waals surface area contributed by atoms with Crippen LogP contribution in [0.1, 0.15) is 49.2 Å². The van der Waals surface area contributed by atoms with Crippen LogP contribution in [0.15, 0.2) is 47.3 Å². The molecule has 0 saturated heterocycles. The highest BCUT2D eigenvalue weighted by Crippen LogP contribution is 2.32. The Kier molecular flexibility index (Phi) is 5.86. The van der Waals surface area contributed by atoms with Gasteiger partial charge in [0.05, 0.1) is 6.54 Å². The minimum absolute atomic E-state index is 0.208. The standard InChI is InChI=1S/C21H27N3O2/c1-15-10-16(2)12-18(11-15)13-22-21(26)19-8-9-20(25)24(23-19)14-17-6-4-3-5-7-17/h3-9,15-16,18H,10-14H2,1-2H3,(H,22,26). The molecule has 3 rings (SSSR count). The highest BCUT2D eigenvalue weighted by molar-refractivity contribution is 5.91. The molecule has 1 aliphatic carbocycles. The first-order valence-corrected chi connectivity index (χ1v) is 9.41. The van der Waals surface area contributed by atoms with E-state index in [1.807, 2.05) is 30.3 Å². The van der Waals surface area contributed by atoms with E-state index in [9.17, 15) is 9.59 Å². The van der Waals surface area contributed by atoms with E-state index in [-0.39, 0.29) is 17.2 Å². The molecule has 5 heteroatoms. The first-order chi connectivity index (χ1) is 12.5. The summed E-state index contributed by atoms with van der Waals surface area (Å²) in [5, 5.41) is 7.26. The fourth-order valence-corrected chi connectivity index (χ4v) is 4.05. The van der Waals surface area contributed by atoms with Crippen molar-refractivity contribution in [2.45, 2.75) is 39.7 Å². The van der Waals surface area contributed by atoms with Crippen molar-refractivity contribution in [1.29, 1.82) is 0 Å². The minimum atomic E-state index is -0.210. The summed E-state index contributed by atoms with van der Waals surface area (Å²) < 4.78 is 1.34. The fraction of sp³-hybridized carbons (Fsp3) is 0.476. The molecule has 1 fully saturated rings. The van der Waals surface area contributed by atoms with E-state index in [1.165, 1.54) is 23.2 Å². The van der Waals surface area contributed by atoms with E-state index < -0.39 is 0 Å². The molecule has 1 saturated carbocycles. The molecule has 1 amide bonds. The maximum absolute atomic E-state index is 12.5. The SMILES string of the molecule is CC1CC(C)CC(CNC(=O)c2ccc(=O)n(Cc3ccccc3)n2)C1. The molecule has 2 unspecified atom stereocenters. The van der Waals surface area contributed by atoms with Gasteiger partial charge in [-0.05, 0) is 48.6 Å². The number of nitrogens with one attached hydrogen (secondary N) is 1. The van der Waals surface area contributed by atoms with Crippen LogP contribution in [0.3, 0.4) is 0 Å². The molecule has 2 atom stereocenters. The molecule has 2 aromatic rings. The van der Waals surface area contributed by atoms with Crippen molar-refractivity contribution in [3.05, 3.63) is 64.1 Å². The van der Waals surface area contributed by atoms with Crippen molar-refractivity contribution < 1.29 is 4.79 Å². The summed E-state index contributed by atoms with van der Waals surface area (Å²) in [6, 6.07) is 12.6. The number of rotatable bonds is 5. The Balaban J connectivity index is 1.64. The van der Waals surface area contributed by atoms with Crippen molar-refractivity contribution in [1.82, 2.24) is 15.1 Å². The fourth-order valence-electron chi connectivity index (χ4n) is 4.05. The van der Waals surface area contributed by atoms with Crippen LogP contribution >= 0.6 is 0 Å². The summed E-state index contributed by atoms with van der Waals surface area (Å²) in [7, 11) is 0. The lowest BCUT2D eigenvalue weighted by Crippen LogP contribution is -2.35. The molecule has 0 aliphatic heterocycles. The van der Waals surface area contributed by atoms with Crippen LogP contribution < -0.4 is 10.9 Å². The number of carbonyl (C=O) groups is 1. The average Bonchev–Trinajstić information content (AvgIpc) is 2.61. The van der Waals surface area contributed by atoms with Gasteiger partial charge >= 0.3 is 0 Å². The van der Waals surface area contributed by atoms with Crippen LogP contribution in [-0.4, -0.2) is 22.2 Å². The molecule has 1 aromatic carbocycles. The third kappa shape index (κ3) is 4.81. The molecular weight excluding hydrogens is 326 g/mol. The van der Waals surface area contributed by atoms with E-state index in [4.69, 9.17) is 0 Å². The Bertz CT molecular complexity index is 790. The van der Waals surface area contributed by atoms with Crippen molar-refractivity contribution in [3.63, 3.8) is 0 Å². The van der Waals surface area contributed by atoms with E-state index in [0.29, 0.717) is 30.8 Å². The summed E-state index contributed by atoms with van der Waals surface area (Å²) in [6.07, 6.45) is 3.59. The summed E-state index contributed by atoms with van der Waals surface area (Å²) in [4.78, 5) is 24.5. The lowest BCUT2D eigenvalue weighted by molar-refractivity contribution is 0.0928. The second-order valence-corrected chi connectivity index (χ2v) is 7.69. The number of nitrogens with zero attached hydrogens (tertiary/aromatic N) is 2. The topological polar surface area (TPSA) is 64.0 Å². The van der Waals surface area contributed by atoms with Gasteiger partial charge in [0.15, 0.2) is 0 Å². The van der Waals surface area contributed by atoms with Crippen molar-refractivity contribution in [3.8, 4) is 0 Å². The summed E-state index contributed by atoms with van der Waals surface area (Å²) >= 11 is 0. The van der Waals surface area contributed by atoms with E-state index >= 15 is 0 Å².